The molecule has 3 aromatic rings. The van der Waals surface area contributed by atoms with Crippen molar-refractivity contribution in [3.8, 4) is 5.75 Å². The Morgan fingerprint density at radius 3 is 2.65 bits per heavy atom. The molecule has 0 aliphatic carbocycles. The molecule has 0 N–H and O–H groups in total. The molecular weight excluding hydrogens is 334 g/mol. The summed E-state index contributed by atoms with van der Waals surface area (Å²) in [5.41, 5.74) is 4.65. The van der Waals surface area contributed by atoms with Crippen molar-refractivity contribution in [3.05, 3.63) is 82.9 Å². The number of nitrogens with zero attached hydrogens (tertiary/aromatic N) is 2. The first-order valence-electron chi connectivity index (χ1n) is 8.56. The van der Waals surface area contributed by atoms with Crippen LogP contribution < -0.4 is 4.74 Å². The van der Waals surface area contributed by atoms with Gasteiger partial charge in [0.2, 0.25) is 0 Å². The predicted octanol–water partition coefficient (Wildman–Crippen LogP) is 5.30. The van der Waals surface area contributed by atoms with Crippen LogP contribution in [0.25, 0.3) is 0 Å². The van der Waals surface area contributed by atoms with E-state index in [9.17, 15) is 8.78 Å². The average Bonchev–Trinajstić information content (AvgIpc) is 3.04. The van der Waals surface area contributed by atoms with Crippen LogP contribution in [0, 0.1) is 13.8 Å². The van der Waals surface area contributed by atoms with E-state index >= 15 is 0 Å². The van der Waals surface area contributed by atoms with E-state index in [1.807, 2.05) is 16.8 Å². The van der Waals surface area contributed by atoms with Gasteiger partial charge >= 0.3 is 6.61 Å². The summed E-state index contributed by atoms with van der Waals surface area (Å²) in [7, 11) is 0. The SMILES string of the molecule is Cc1cccc([C@H](C)c2nccn2Cc2cccc(OC(F)F)c2)c1C. The highest BCUT2D eigenvalue weighted by Crippen LogP contribution is 2.28. The molecule has 3 rings (SSSR count). The largest absolute Gasteiger partial charge is 0.435 e. The summed E-state index contributed by atoms with van der Waals surface area (Å²) in [6.45, 7) is 4.09. The highest BCUT2D eigenvalue weighted by molar-refractivity contribution is 5.38. The number of halogens is 2. The van der Waals surface area contributed by atoms with Gasteiger partial charge in [-0.1, -0.05) is 37.3 Å². The van der Waals surface area contributed by atoms with E-state index in [0.29, 0.717) is 6.54 Å². The summed E-state index contributed by atoms with van der Waals surface area (Å²) >= 11 is 0. The van der Waals surface area contributed by atoms with Gasteiger partial charge in [0.1, 0.15) is 11.6 Å². The van der Waals surface area contributed by atoms with Gasteiger partial charge in [-0.25, -0.2) is 4.98 Å². The smallest absolute Gasteiger partial charge is 0.387 e. The summed E-state index contributed by atoms with van der Waals surface area (Å²) in [5.74, 6) is 1.24. The topological polar surface area (TPSA) is 27.1 Å². The van der Waals surface area contributed by atoms with Crippen molar-refractivity contribution < 1.29 is 13.5 Å². The lowest BCUT2D eigenvalue weighted by Crippen LogP contribution is -2.10. The fourth-order valence-corrected chi connectivity index (χ4v) is 3.23. The number of hydrogen-bond acceptors (Lipinski definition) is 2. The fourth-order valence-electron chi connectivity index (χ4n) is 3.23. The Balaban J connectivity index is 1.86. The minimum absolute atomic E-state index is 0.130. The second kappa shape index (κ2) is 7.68. The van der Waals surface area contributed by atoms with Crippen LogP contribution in [0.3, 0.4) is 0 Å². The molecule has 5 heteroatoms. The van der Waals surface area contributed by atoms with Crippen molar-refractivity contribution in [1.82, 2.24) is 9.55 Å². The van der Waals surface area contributed by atoms with Gasteiger partial charge in [0.05, 0.1) is 0 Å². The minimum Gasteiger partial charge on any atom is -0.435 e. The predicted molar refractivity (Wildman–Crippen MR) is 97.8 cm³/mol. The molecule has 2 aromatic carbocycles. The number of imidazole rings is 1. The van der Waals surface area contributed by atoms with Crippen LogP contribution >= 0.6 is 0 Å². The first-order valence-corrected chi connectivity index (χ1v) is 8.56. The molecule has 0 bridgehead atoms. The number of alkyl halides is 2. The van der Waals surface area contributed by atoms with E-state index in [0.717, 1.165) is 11.4 Å². The van der Waals surface area contributed by atoms with E-state index in [2.05, 4.69) is 48.7 Å². The van der Waals surface area contributed by atoms with Crippen LogP contribution in [0.5, 0.6) is 5.75 Å². The molecule has 0 saturated carbocycles. The van der Waals surface area contributed by atoms with E-state index in [1.165, 1.54) is 22.8 Å². The molecule has 0 radical (unpaired) electrons. The van der Waals surface area contributed by atoms with Gasteiger partial charge in [0.25, 0.3) is 0 Å². The Morgan fingerprint density at radius 1 is 1.12 bits per heavy atom. The molecule has 0 saturated heterocycles. The third kappa shape index (κ3) is 3.93. The maximum Gasteiger partial charge on any atom is 0.387 e. The molecule has 26 heavy (non-hydrogen) atoms. The first-order chi connectivity index (χ1) is 12.5. The van der Waals surface area contributed by atoms with Crippen molar-refractivity contribution in [1.29, 1.82) is 0 Å². The van der Waals surface area contributed by atoms with Crippen LogP contribution in [-0.4, -0.2) is 16.2 Å². The zero-order valence-electron chi connectivity index (χ0n) is 15.1. The van der Waals surface area contributed by atoms with Crippen LogP contribution in [0.1, 0.15) is 40.9 Å². The van der Waals surface area contributed by atoms with Crippen LogP contribution in [0.15, 0.2) is 54.9 Å². The normalized spacial score (nSPS) is 12.4. The molecule has 3 nitrogen and oxygen atoms in total. The van der Waals surface area contributed by atoms with Gasteiger partial charge in [0, 0.05) is 24.9 Å². The molecule has 0 aliphatic heterocycles. The number of hydrogen-bond donors (Lipinski definition) is 0. The van der Waals surface area contributed by atoms with Crippen LogP contribution in [-0.2, 0) is 6.54 Å². The summed E-state index contributed by atoms with van der Waals surface area (Å²) in [4.78, 5) is 4.54. The Bertz CT molecular complexity index is 889. The molecule has 1 heterocycles. The standard InChI is InChI=1S/C21H22F2N2O/c1-14-6-4-9-19(15(14)2)16(3)20-24-10-11-25(20)13-17-7-5-8-18(12-17)26-21(22)23/h4-12,16,21H,13H2,1-3H3/t16-/m0/s1. The second-order valence-electron chi connectivity index (χ2n) is 6.45. The van der Waals surface area contributed by atoms with Gasteiger partial charge in [-0.2, -0.15) is 8.78 Å². The Kier molecular flexibility index (Phi) is 5.35. The zero-order chi connectivity index (χ0) is 18.7. The molecule has 0 fully saturated rings. The molecular formula is C21H22F2N2O. The third-order valence-corrected chi connectivity index (χ3v) is 4.72. The number of benzene rings is 2. The minimum atomic E-state index is -2.82. The summed E-state index contributed by atoms with van der Waals surface area (Å²) in [6.07, 6.45) is 3.69. The van der Waals surface area contributed by atoms with Crippen molar-refractivity contribution in [2.75, 3.05) is 0 Å². The highest BCUT2D eigenvalue weighted by Gasteiger charge is 2.17. The molecule has 0 spiro atoms. The lowest BCUT2D eigenvalue weighted by molar-refractivity contribution is -0.0498. The van der Waals surface area contributed by atoms with Gasteiger partial charge in [-0.15, -0.1) is 0 Å². The van der Waals surface area contributed by atoms with Crippen LogP contribution in [0.4, 0.5) is 8.78 Å². The highest BCUT2D eigenvalue weighted by atomic mass is 19.3. The lowest BCUT2D eigenvalue weighted by atomic mass is 9.93. The quantitative estimate of drug-likeness (QED) is 0.599. The third-order valence-electron chi connectivity index (χ3n) is 4.72. The van der Waals surface area contributed by atoms with Gasteiger partial charge in [0.15, 0.2) is 0 Å². The molecule has 1 aromatic heterocycles. The maximum absolute atomic E-state index is 12.4. The first kappa shape index (κ1) is 18.1. The molecule has 0 aliphatic rings. The molecule has 0 unspecified atom stereocenters. The monoisotopic (exact) mass is 356 g/mol. The van der Waals surface area contributed by atoms with Crippen molar-refractivity contribution in [2.45, 2.75) is 39.8 Å². The Hall–Kier alpha value is -2.69. The van der Waals surface area contributed by atoms with Crippen molar-refractivity contribution in [2.24, 2.45) is 0 Å². The van der Waals surface area contributed by atoms with E-state index in [1.54, 1.807) is 18.3 Å². The van der Waals surface area contributed by atoms with Gasteiger partial charge in [-0.05, 0) is 48.2 Å². The Morgan fingerprint density at radius 2 is 1.88 bits per heavy atom. The second-order valence-corrected chi connectivity index (χ2v) is 6.45. The lowest BCUT2D eigenvalue weighted by Gasteiger charge is -2.18. The van der Waals surface area contributed by atoms with E-state index < -0.39 is 6.61 Å². The maximum atomic E-state index is 12.4. The summed E-state index contributed by atoms with van der Waals surface area (Å²) in [6, 6.07) is 13.1. The van der Waals surface area contributed by atoms with Crippen molar-refractivity contribution in [3.63, 3.8) is 0 Å². The van der Waals surface area contributed by atoms with Gasteiger partial charge in [-0.3, -0.25) is 0 Å². The van der Waals surface area contributed by atoms with Crippen molar-refractivity contribution >= 4 is 0 Å². The van der Waals surface area contributed by atoms with E-state index in [-0.39, 0.29) is 11.7 Å². The Labute approximate surface area is 152 Å². The summed E-state index contributed by atoms with van der Waals surface area (Å²) in [5, 5.41) is 0. The van der Waals surface area contributed by atoms with Crippen LogP contribution in [0.2, 0.25) is 0 Å². The number of rotatable bonds is 6. The number of aromatic nitrogens is 2. The fraction of sp³-hybridized carbons (Fsp3) is 0.286. The molecule has 0 amide bonds. The number of aryl methyl sites for hydroxylation is 1. The number of ether oxygens (including phenoxy) is 1. The van der Waals surface area contributed by atoms with E-state index in [4.69, 9.17) is 0 Å². The summed E-state index contributed by atoms with van der Waals surface area (Å²) < 4.78 is 31.4. The molecule has 136 valence electrons. The average molecular weight is 356 g/mol. The van der Waals surface area contributed by atoms with Gasteiger partial charge < -0.3 is 9.30 Å². The zero-order valence-corrected chi connectivity index (χ0v) is 15.1. The molecule has 1 atom stereocenters.